The molecule has 172 valence electrons. The van der Waals surface area contributed by atoms with Gasteiger partial charge >= 0.3 is 5.97 Å². The van der Waals surface area contributed by atoms with Gasteiger partial charge in [0.05, 0.1) is 35.7 Å². The van der Waals surface area contributed by atoms with E-state index in [0.717, 1.165) is 16.5 Å². The molecule has 0 spiro atoms. The van der Waals surface area contributed by atoms with E-state index in [0.29, 0.717) is 37.0 Å². The summed E-state index contributed by atoms with van der Waals surface area (Å²) in [5.74, 6) is -0.577. The van der Waals surface area contributed by atoms with Gasteiger partial charge in [-0.15, -0.1) is 0 Å². The number of benzene rings is 2. The van der Waals surface area contributed by atoms with E-state index in [1.54, 1.807) is 29.2 Å². The van der Waals surface area contributed by atoms with Crippen LogP contribution in [0.25, 0.3) is 10.9 Å². The molecule has 0 unspecified atom stereocenters. The molecule has 0 bridgehead atoms. The maximum absolute atomic E-state index is 14.0. The van der Waals surface area contributed by atoms with Gasteiger partial charge in [0, 0.05) is 18.4 Å². The van der Waals surface area contributed by atoms with E-state index in [9.17, 15) is 18.0 Å². The molecule has 2 aliphatic heterocycles. The van der Waals surface area contributed by atoms with Gasteiger partial charge < -0.3 is 9.64 Å². The van der Waals surface area contributed by atoms with Crippen molar-refractivity contribution in [1.29, 1.82) is 0 Å². The Morgan fingerprint density at radius 3 is 2.55 bits per heavy atom. The van der Waals surface area contributed by atoms with Crippen molar-refractivity contribution in [3.05, 3.63) is 65.4 Å². The number of ether oxygens (including phenoxy) is 1. The van der Waals surface area contributed by atoms with Crippen LogP contribution in [0, 0.1) is 12.8 Å². The van der Waals surface area contributed by atoms with Crippen LogP contribution in [0.1, 0.15) is 42.1 Å². The number of carbonyl (C=O) groups excluding carboxylic acids is 2. The van der Waals surface area contributed by atoms with E-state index >= 15 is 0 Å². The highest BCUT2D eigenvalue weighted by atomic mass is 32.2. The van der Waals surface area contributed by atoms with E-state index in [-0.39, 0.29) is 29.1 Å². The molecular formula is C25H26N2O5S. The van der Waals surface area contributed by atoms with Gasteiger partial charge in [0.2, 0.25) is 5.91 Å². The van der Waals surface area contributed by atoms with Crippen molar-refractivity contribution >= 4 is 32.8 Å². The number of rotatable bonds is 4. The van der Waals surface area contributed by atoms with Gasteiger partial charge in [-0.25, -0.2) is 12.4 Å². The molecule has 3 heterocycles. The summed E-state index contributed by atoms with van der Waals surface area (Å²) < 4.78 is 34.3. The topological polar surface area (TPSA) is 85.7 Å². The molecule has 1 aromatic heterocycles. The first-order valence-electron chi connectivity index (χ1n) is 11.1. The van der Waals surface area contributed by atoms with E-state index < -0.39 is 16.1 Å². The van der Waals surface area contributed by atoms with E-state index in [4.69, 9.17) is 4.74 Å². The lowest BCUT2D eigenvalue weighted by Crippen LogP contribution is -2.48. The summed E-state index contributed by atoms with van der Waals surface area (Å²) >= 11 is 0. The minimum absolute atomic E-state index is 0.00342. The summed E-state index contributed by atoms with van der Waals surface area (Å²) in [7, 11) is -2.60. The Morgan fingerprint density at radius 2 is 1.82 bits per heavy atom. The molecule has 0 saturated carbocycles. The molecule has 0 radical (unpaired) electrons. The molecule has 1 fully saturated rings. The molecule has 2 atom stereocenters. The average Bonchev–Trinajstić information content (AvgIpc) is 3.16. The van der Waals surface area contributed by atoms with Gasteiger partial charge in [0.1, 0.15) is 0 Å². The Labute approximate surface area is 193 Å². The van der Waals surface area contributed by atoms with Crippen LogP contribution in [0.2, 0.25) is 0 Å². The molecule has 2 aromatic carbocycles. The van der Waals surface area contributed by atoms with Crippen molar-refractivity contribution < 1.29 is 22.7 Å². The summed E-state index contributed by atoms with van der Waals surface area (Å²) in [5, 5.41) is 0.873. The van der Waals surface area contributed by atoms with Crippen LogP contribution in [0.4, 0.5) is 0 Å². The third-order valence-electron chi connectivity index (χ3n) is 6.91. The molecule has 7 nitrogen and oxygen atoms in total. The van der Waals surface area contributed by atoms with Crippen LogP contribution in [-0.4, -0.2) is 42.8 Å². The molecule has 1 saturated heterocycles. The van der Waals surface area contributed by atoms with Crippen molar-refractivity contribution in [3.8, 4) is 0 Å². The minimum Gasteiger partial charge on any atom is -0.469 e. The summed E-state index contributed by atoms with van der Waals surface area (Å²) in [6, 6.07) is 13.8. The second-order valence-corrected chi connectivity index (χ2v) is 10.6. The molecule has 2 aliphatic rings. The molecule has 0 N–H and O–H groups in total. The van der Waals surface area contributed by atoms with E-state index in [1.807, 2.05) is 31.2 Å². The highest BCUT2D eigenvalue weighted by Gasteiger charge is 2.45. The number of piperidine rings is 1. The quantitative estimate of drug-likeness (QED) is 0.549. The van der Waals surface area contributed by atoms with Crippen molar-refractivity contribution in [2.75, 3.05) is 13.7 Å². The Kier molecular flexibility index (Phi) is 5.28. The van der Waals surface area contributed by atoms with Crippen molar-refractivity contribution in [2.45, 2.75) is 43.5 Å². The first kappa shape index (κ1) is 21.7. The summed E-state index contributed by atoms with van der Waals surface area (Å²) in [6.07, 6.45) is 1.56. The number of nitrogens with zero attached hydrogens (tertiary/aromatic N) is 2. The number of carbonyl (C=O) groups is 2. The van der Waals surface area contributed by atoms with Gasteiger partial charge in [0.25, 0.3) is 10.0 Å². The fourth-order valence-electron chi connectivity index (χ4n) is 5.33. The number of methoxy groups -OCH3 is 1. The second-order valence-electron chi connectivity index (χ2n) is 8.82. The SMILES string of the molecule is COC(=O)C[C@@H]1CCC(=O)N2CCc3c(n(S(=O)(=O)c4ccc(C)cc4)c4ccccc34)[C@@H]12. The first-order valence-corrected chi connectivity index (χ1v) is 12.6. The third-order valence-corrected chi connectivity index (χ3v) is 8.65. The van der Waals surface area contributed by atoms with Crippen molar-refractivity contribution in [2.24, 2.45) is 5.92 Å². The number of aryl methyl sites for hydroxylation is 1. The van der Waals surface area contributed by atoms with Gasteiger partial charge in [0.15, 0.2) is 0 Å². The predicted molar refractivity (Wildman–Crippen MR) is 123 cm³/mol. The maximum Gasteiger partial charge on any atom is 0.305 e. The molecule has 3 aromatic rings. The zero-order chi connectivity index (χ0) is 23.3. The Bertz CT molecular complexity index is 1360. The number of hydrogen-bond acceptors (Lipinski definition) is 5. The lowest BCUT2D eigenvalue weighted by atomic mass is 9.80. The van der Waals surface area contributed by atoms with Crippen LogP contribution in [0.3, 0.4) is 0 Å². The smallest absolute Gasteiger partial charge is 0.305 e. The van der Waals surface area contributed by atoms with Crippen LogP contribution in [0.5, 0.6) is 0 Å². The van der Waals surface area contributed by atoms with Gasteiger partial charge in [-0.3, -0.25) is 9.59 Å². The lowest BCUT2D eigenvalue weighted by Gasteiger charge is -2.44. The van der Waals surface area contributed by atoms with Gasteiger partial charge in [-0.2, -0.15) is 0 Å². The number of fused-ring (bicyclic) bond motifs is 5. The third kappa shape index (κ3) is 3.44. The largest absolute Gasteiger partial charge is 0.469 e. The highest BCUT2D eigenvalue weighted by Crippen LogP contribution is 2.46. The average molecular weight is 467 g/mol. The van der Waals surface area contributed by atoms with Crippen LogP contribution >= 0.6 is 0 Å². The summed E-state index contributed by atoms with van der Waals surface area (Å²) in [4.78, 5) is 27.0. The number of hydrogen-bond donors (Lipinski definition) is 0. The molecule has 0 aliphatic carbocycles. The molecule has 8 heteroatoms. The molecule has 33 heavy (non-hydrogen) atoms. The molecule has 5 rings (SSSR count). The van der Waals surface area contributed by atoms with Gasteiger partial charge in [-0.1, -0.05) is 35.9 Å². The number of esters is 1. The number of aromatic nitrogens is 1. The summed E-state index contributed by atoms with van der Waals surface area (Å²) in [5.41, 5.74) is 3.10. The van der Waals surface area contributed by atoms with Crippen LogP contribution < -0.4 is 0 Å². The summed E-state index contributed by atoms with van der Waals surface area (Å²) in [6.45, 7) is 2.42. The molecule has 1 amide bonds. The fourth-order valence-corrected chi connectivity index (χ4v) is 6.92. The Morgan fingerprint density at radius 1 is 1.09 bits per heavy atom. The van der Waals surface area contributed by atoms with Gasteiger partial charge in [-0.05, 0) is 49.4 Å². The minimum atomic E-state index is -3.94. The normalized spacial score (nSPS) is 20.4. The number of para-hydroxylation sites is 1. The van der Waals surface area contributed by atoms with Crippen molar-refractivity contribution in [1.82, 2.24) is 8.87 Å². The first-order chi connectivity index (χ1) is 15.8. The Hall–Kier alpha value is -3.13. The standard InChI is InChI=1S/C25H26N2O5S/c1-16-7-10-18(11-8-16)33(30,31)27-21-6-4-3-5-19(21)20-13-14-26-22(28)12-9-17(15-23(29)32-2)24(26)25(20)27/h3-8,10-11,17,24H,9,12-15H2,1-2H3/t17-,24+/m0/s1. The highest BCUT2D eigenvalue weighted by molar-refractivity contribution is 7.90. The van der Waals surface area contributed by atoms with Crippen LogP contribution in [-0.2, 0) is 30.8 Å². The maximum atomic E-state index is 14.0. The van der Waals surface area contributed by atoms with E-state index in [1.165, 1.54) is 11.1 Å². The predicted octanol–water partition coefficient (Wildman–Crippen LogP) is 3.59. The number of amides is 1. The van der Waals surface area contributed by atoms with E-state index in [2.05, 4.69) is 0 Å². The lowest BCUT2D eigenvalue weighted by molar-refractivity contribution is -0.147. The van der Waals surface area contributed by atoms with Crippen LogP contribution in [0.15, 0.2) is 53.4 Å². The second kappa shape index (κ2) is 8.02. The fraction of sp³-hybridized carbons (Fsp3) is 0.360. The monoisotopic (exact) mass is 466 g/mol. The van der Waals surface area contributed by atoms with Crippen molar-refractivity contribution in [3.63, 3.8) is 0 Å². The molecular weight excluding hydrogens is 440 g/mol. The Balaban J connectivity index is 1.78. The zero-order valence-corrected chi connectivity index (χ0v) is 19.5. The zero-order valence-electron chi connectivity index (χ0n) is 18.7.